The number of amides is 1. The van der Waals surface area contributed by atoms with Crippen molar-refractivity contribution in [1.29, 1.82) is 0 Å². The Kier molecular flexibility index (Phi) is 5.52. The van der Waals surface area contributed by atoms with Crippen LogP contribution in [0.4, 0.5) is 0 Å². The van der Waals surface area contributed by atoms with Gasteiger partial charge in [-0.2, -0.15) is 0 Å². The van der Waals surface area contributed by atoms with Gasteiger partial charge in [0.25, 0.3) is 0 Å². The molecule has 2 rings (SSSR count). The molecule has 0 bridgehead atoms. The van der Waals surface area contributed by atoms with E-state index in [1.165, 1.54) is 0 Å². The third-order valence-corrected chi connectivity index (χ3v) is 3.42. The molecule has 0 spiro atoms. The van der Waals surface area contributed by atoms with Crippen LogP contribution in [0.5, 0.6) is 0 Å². The number of aliphatic hydroxyl groups is 1. The highest BCUT2D eigenvalue weighted by Gasteiger charge is 2.35. The van der Waals surface area contributed by atoms with Gasteiger partial charge in [-0.15, -0.1) is 0 Å². The minimum Gasteiger partial charge on any atom is -0.394 e. The van der Waals surface area contributed by atoms with Gasteiger partial charge in [-0.05, 0) is 12.5 Å². The third-order valence-electron chi connectivity index (χ3n) is 3.42. The zero-order valence-electron chi connectivity index (χ0n) is 11.7. The fraction of sp³-hybridized carbons (Fsp3) is 0.533. The summed E-state index contributed by atoms with van der Waals surface area (Å²) in [5.41, 5.74) is 0.969. The Bertz CT molecular complexity index is 423. The van der Waals surface area contributed by atoms with Gasteiger partial charge >= 0.3 is 0 Å². The van der Waals surface area contributed by atoms with Crippen molar-refractivity contribution in [3.05, 3.63) is 35.9 Å². The molecule has 1 aliphatic heterocycles. The van der Waals surface area contributed by atoms with Crippen molar-refractivity contribution in [1.82, 2.24) is 4.90 Å². The van der Waals surface area contributed by atoms with Crippen LogP contribution in [0.15, 0.2) is 30.3 Å². The number of hydrogen-bond acceptors (Lipinski definition) is 4. The number of nitrogens with zero attached hydrogens (tertiary/aromatic N) is 1. The molecule has 0 aliphatic carbocycles. The van der Waals surface area contributed by atoms with Gasteiger partial charge in [0.2, 0.25) is 5.91 Å². The van der Waals surface area contributed by atoms with E-state index in [1.54, 1.807) is 4.90 Å². The number of ether oxygens (including phenoxy) is 2. The van der Waals surface area contributed by atoms with Crippen LogP contribution in [0.2, 0.25) is 0 Å². The van der Waals surface area contributed by atoms with Crippen LogP contribution in [0.1, 0.15) is 18.5 Å². The number of carbonyl (C=O) groups excluding carboxylic acids is 1. The Labute approximate surface area is 119 Å². The van der Waals surface area contributed by atoms with Crippen LogP contribution in [-0.2, 0) is 14.3 Å². The summed E-state index contributed by atoms with van der Waals surface area (Å²) in [6.45, 7) is 3.28. The molecule has 1 amide bonds. The van der Waals surface area contributed by atoms with E-state index in [4.69, 9.17) is 9.47 Å². The van der Waals surface area contributed by atoms with Gasteiger partial charge in [-0.3, -0.25) is 4.79 Å². The normalized spacial score (nSPS) is 22.8. The summed E-state index contributed by atoms with van der Waals surface area (Å²) in [5, 5.41) is 9.50. The fourth-order valence-corrected chi connectivity index (χ4v) is 2.48. The van der Waals surface area contributed by atoms with Crippen LogP contribution in [0.3, 0.4) is 0 Å². The smallest absolute Gasteiger partial charge is 0.249 e. The fourth-order valence-electron chi connectivity index (χ4n) is 2.48. The van der Waals surface area contributed by atoms with E-state index < -0.39 is 6.10 Å². The summed E-state index contributed by atoms with van der Waals surface area (Å²) in [7, 11) is 0. The van der Waals surface area contributed by atoms with Gasteiger partial charge in [0.1, 0.15) is 12.7 Å². The topological polar surface area (TPSA) is 59.0 Å². The molecule has 0 saturated carbocycles. The molecule has 1 fully saturated rings. The summed E-state index contributed by atoms with van der Waals surface area (Å²) in [5.74, 6) is -0.0672. The predicted molar refractivity (Wildman–Crippen MR) is 74.2 cm³/mol. The first-order valence-corrected chi connectivity index (χ1v) is 6.92. The lowest BCUT2D eigenvalue weighted by molar-refractivity contribution is -0.154. The predicted octanol–water partition coefficient (Wildman–Crippen LogP) is 0.984. The van der Waals surface area contributed by atoms with Crippen molar-refractivity contribution < 1.29 is 19.4 Å². The molecule has 0 aromatic heterocycles. The van der Waals surface area contributed by atoms with Crippen molar-refractivity contribution in [2.24, 2.45) is 0 Å². The van der Waals surface area contributed by atoms with Crippen molar-refractivity contribution >= 4 is 5.91 Å². The highest BCUT2D eigenvalue weighted by atomic mass is 16.5. The van der Waals surface area contributed by atoms with E-state index in [0.29, 0.717) is 19.8 Å². The second kappa shape index (κ2) is 7.38. The summed E-state index contributed by atoms with van der Waals surface area (Å²) < 4.78 is 10.8. The van der Waals surface area contributed by atoms with E-state index >= 15 is 0 Å². The Balaban J connectivity index is 2.21. The summed E-state index contributed by atoms with van der Waals surface area (Å²) in [6.07, 6.45) is -0.392. The van der Waals surface area contributed by atoms with Gasteiger partial charge in [0, 0.05) is 13.2 Å². The number of rotatable bonds is 5. The first-order valence-electron chi connectivity index (χ1n) is 6.92. The monoisotopic (exact) mass is 279 g/mol. The number of hydrogen-bond donors (Lipinski definition) is 1. The molecule has 5 nitrogen and oxygen atoms in total. The third kappa shape index (κ3) is 3.36. The van der Waals surface area contributed by atoms with E-state index in [0.717, 1.165) is 5.56 Å². The zero-order chi connectivity index (χ0) is 14.4. The molecule has 1 aliphatic rings. The van der Waals surface area contributed by atoms with Crippen molar-refractivity contribution in [2.75, 3.05) is 33.0 Å². The Morgan fingerprint density at radius 2 is 2.20 bits per heavy atom. The maximum Gasteiger partial charge on any atom is 0.249 e. The highest BCUT2D eigenvalue weighted by Crippen LogP contribution is 2.29. The number of carbonyl (C=O) groups is 1. The van der Waals surface area contributed by atoms with Crippen LogP contribution in [0, 0.1) is 0 Å². The maximum absolute atomic E-state index is 12.3. The first kappa shape index (κ1) is 15.0. The second-order valence-corrected chi connectivity index (χ2v) is 4.67. The molecule has 1 aromatic rings. The lowest BCUT2D eigenvalue weighted by Crippen LogP contribution is -2.50. The standard InChI is InChI=1S/C15H21NO4/c1-2-19-11-14(18)16-8-9-20-13(10-17)15(16)12-6-4-3-5-7-12/h3-7,13,15,17H,2,8-11H2,1H3/t13-,15-/m1/s1. The lowest BCUT2D eigenvalue weighted by atomic mass is 9.98. The van der Waals surface area contributed by atoms with E-state index in [2.05, 4.69) is 0 Å². The summed E-state index contributed by atoms with van der Waals surface area (Å²) >= 11 is 0. The quantitative estimate of drug-likeness (QED) is 0.873. The minimum absolute atomic E-state index is 0.0672. The molecule has 2 atom stereocenters. The number of aliphatic hydroxyl groups excluding tert-OH is 1. The number of morpholine rings is 1. The van der Waals surface area contributed by atoms with Crippen LogP contribution < -0.4 is 0 Å². The molecule has 1 N–H and O–H groups in total. The van der Waals surface area contributed by atoms with Crippen LogP contribution >= 0.6 is 0 Å². The molecule has 1 saturated heterocycles. The van der Waals surface area contributed by atoms with Gasteiger partial charge in [-0.1, -0.05) is 30.3 Å². The molecular formula is C15H21NO4. The lowest BCUT2D eigenvalue weighted by Gasteiger charge is -2.40. The van der Waals surface area contributed by atoms with Gasteiger partial charge in [-0.25, -0.2) is 0 Å². The average Bonchev–Trinajstić information content (AvgIpc) is 2.52. The molecular weight excluding hydrogens is 258 g/mol. The SMILES string of the molecule is CCOCC(=O)N1CCO[C@H](CO)[C@H]1c1ccccc1. The van der Waals surface area contributed by atoms with Crippen LogP contribution in [0.25, 0.3) is 0 Å². The van der Waals surface area contributed by atoms with Gasteiger partial charge in [0.05, 0.1) is 19.3 Å². The summed E-state index contributed by atoms with van der Waals surface area (Å²) in [4.78, 5) is 14.0. The second-order valence-electron chi connectivity index (χ2n) is 4.67. The average molecular weight is 279 g/mol. The molecule has 110 valence electrons. The molecule has 0 unspecified atom stereocenters. The van der Waals surface area contributed by atoms with Crippen molar-refractivity contribution in [3.63, 3.8) is 0 Å². The summed E-state index contributed by atoms with van der Waals surface area (Å²) in [6, 6.07) is 9.40. The van der Waals surface area contributed by atoms with Crippen molar-refractivity contribution in [2.45, 2.75) is 19.1 Å². The highest BCUT2D eigenvalue weighted by molar-refractivity contribution is 5.78. The van der Waals surface area contributed by atoms with Crippen molar-refractivity contribution in [3.8, 4) is 0 Å². The molecule has 1 heterocycles. The zero-order valence-corrected chi connectivity index (χ0v) is 11.7. The molecule has 20 heavy (non-hydrogen) atoms. The largest absolute Gasteiger partial charge is 0.394 e. The van der Waals surface area contributed by atoms with Gasteiger partial charge in [0.15, 0.2) is 0 Å². The Morgan fingerprint density at radius 1 is 1.45 bits per heavy atom. The van der Waals surface area contributed by atoms with E-state index in [-0.39, 0.29) is 25.2 Å². The molecule has 5 heteroatoms. The van der Waals surface area contributed by atoms with Gasteiger partial charge < -0.3 is 19.5 Å². The van der Waals surface area contributed by atoms with Crippen LogP contribution in [-0.4, -0.2) is 55.0 Å². The molecule has 0 radical (unpaired) electrons. The van der Waals surface area contributed by atoms with E-state index in [1.807, 2.05) is 37.3 Å². The first-order chi connectivity index (χ1) is 9.77. The molecule has 1 aromatic carbocycles. The minimum atomic E-state index is -0.392. The Morgan fingerprint density at radius 3 is 2.85 bits per heavy atom. The number of benzene rings is 1. The Hall–Kier alpha value is -1.43. The van der Waals surface area contributed by atoms with E-state index in [9.17, 15) is 9.90 Å². The maximum atomic E-state index is 12.3.